The fourth-order valence-electron chi connectivity index (χ4n) is 5.59. The minimum Gasteiger partial charge on any atom is -0.471 e. The molecule has 3 atom stereocenters. The highest BCUT2D eigenvalue weighted by Crippen LogP contribution is 2.48. The van der Waals surface area contributed by atoms with Gasteiger partial charge in [-0.15, -0.1) is 0 Å². The van der Waals surface area contributed by atoms with Crippen molar-refractivity contribution in [3.05, 3.63) is 58.8 Å². The van der Waals surface area contributed by atoms with Crippen LogP contribution in [0.25, 0.3) is 0 Å². The van der Waals surface area contributed by atoms with Crippen molar-refractivity contribution in [3.8, 4) is 5.88 Å². The first-order chi connectivity index (χ1) is 17.7. The van der Waals surface area contributed by atoms with Gasteiger partial charge in [0.25, 0.3) is 0 Å². The number of rotatable bonds is 11. The van der Waals surface area contributed by atoms with E-state index in [1.165, 1.54) is 24.6 Å². The van der Waals surface area contributed by atoms with E-state index in [9.17, 15) is 18.7 Å². The van der Waals surface area contributed by atoms with Crippen LogP contribution >= 0.6 is 0 Å². The van der Waals surface area contributed by atoms with Gasteiger partial charge < -0.3 is 20.5 Å². The second kappa shape index (κ2) is 11.9. The zero-order valence-electron chi connectivity index (χ0n) is 22.0. The summed E-state index contributed by atoms with van der Waals surface area (Å²) in [5.41, 5.74) is 2.32. The Morgan fingerprint density at radius 1 is 1.14 bits per heavy atom. The van der Waals surface area contributed by atoms with Crippen LogP contribution < -0.4 is 15.4 Å². The molecule has 1 aromatic heterocycles. The van der Waals surface area contributed by atoms with Gasteiger partial charge >= 0.3 is 0 Å². The number of pyridine rings is 1. The van der Waals surface area contributed by atoms with Gasteiger partial charge in [0, 0.05) is 43.8 Å². The lowest BCUT2D eigenvalue weighted by Crippen LogP contribution is -2.52. The predicted octanol–water partition coefficient (Wildman–Crippen LogP) is 4.78. The summed E-state index contributed by atoms with van der Waals surface area (Å²) in [5, 5.41) is 17.3. The van der Waals surface area contributed by atoms with Crippen molar-refractivity contribution in [3.63, 3.8) is 0 Å². The number of carbonyl (C=O) groups is 1. The second-order valence-corrected chi connectivity index (χ2v) is 10.8. The molecule has 1 amide bonds. The monoisotopic (exact) mass is 515 g/mol. The lowest BCUT2D eigenvalue weighted by molar-refractivity contribution is -0.120. The zero-order valence-corrected chi connectivity index (χ0v) is 22.0. The highest BCUT2D eigenvalue weighted by atomic mass is 19.1. The Labute approximate surface area is 218 Å². The van der Waals surface area contributed by atoms with Crippen LogP contribution in [0.5, 0.6) is 5.88 Å². The zero-order chi connectivity index (χ0) is 26.6. The summed E-state index contributed by atoms with van der Waals surface area (Å²) in [7, 11) is 0. The van der Waals surface area contributed by atoms with Gasteiger partial charge in [0.15, 0.2) is 0 Å². The van der Waals surface area contributed by atoms with Gasteiger partial charge in [0.2, 0.25) is 11.8 Å². The summed E-state index contributed by atoms with van der Waals surface area (Å²) in [4.78, 5) is 16.5. The van der Waals surface area contributed by atoms with Gasteiger partial charge in [-0.1, -0.05) is 26.7 Å². The number of aliphatic hydroxyl groups excluding tert-OH is 1. The number of nitrogens with zero attached hydrogens (tertiary/aromatic N) is 1. The molecule has 37 heavy (non-hydrogen) atoms. The van der Waals surface area contributed by atoms with E-state index in [0.717, 1.165) is 56.6 Å². The third-order valence-electron chi connectivity index (χ3n) is 7.95. The first-order valence-electron chi connectivity index (χ1n) is 13.5. The van der Waals surface area contributed by atoms with Crippen molar-refractivity contribution in [2.75, 3.05) is 6.54 Å². The third kappa shape index (κ3) is 6.85. The Bertz CT molecular complexity index is 1070. The van der Waals surface area contributed by atoms with Gasteiger partial charge in [-0.05, 0) is 67.3 Å². The van der Waals surface area contributed by atoms with Crippen molar-refractivity contribution >= 4 is 5.91 Å². The van der Waals surface area contributed by atoms with E-state index in [0.29, 0.717) is 17.4 Å². The number of ether oxygens (including phenoxy) is 1. The predicted molar refractivity (Wildman–Crippen MR) is 138 cm³/mol. The molecule has 202 valence electrons. The standard InChI is InChI=1S/C29H39F2N3O3/c1-4-19(5-2)9-21-12-24-26(15-29(7-6-8-29)37-28(24)33-16-21)32-17-27(36)25(34-18(3)35)13-20-10-22(30)14-23(31)11-20/h10-12,14,16,19,25-27,32,36H,4-9,13,15,17H2,1-3H3,(H,34,35)/t25-,26-,27+/m0/s1. The molecule has 1 spiro atoms. The minimum absolute atomic E-state index is 0.0579. The summed E-state index contributed by atoms with van der Waals surface area (Å²) in [6.07, 6.45) is 8.09. The Hall–Kier alpha value is -2.58. The molecular formula is C29H39F2N3O3. The third-order valence-corrected chi connectivity index (χ3v) is 7.95. The van der Waals surface area contributed by atoms with Crippen molar-refractivity contribution in [2.24, 2.45) is 5.92 Å². The average Bonchev–Trinajstić information content (AvgIpc) is 2.83. The Morgan fingerprint density at radius 3 is 2.43 bits per heavy atom. The molecular weight excluding hydrogens is 476 g/mol. The summed E-state index contributed by atoms with van der Waals surface area (Å²) in [6.45, 7) is 5.97. The Balaban J connectivity index is 1.50. The number of aliphatic hydroxyl groups is 1. The molecule has 1 saturated carbocycles. The molecule has 4 rings (SSSR count). The maximum absolute atomic E-state index is 13.7. The van der Waals surface area contributed by atoms with Gasteiger partial charge in [0.1, 0.15) is 17.2 Å². The van der Waals surface area contributed by atoms with Crippen LogP contribution in [0.4, 0.5) is 8.78 Å². The number of halogens is 2. The number of carbonyl (C=O) groups excluding carboxylic acids is 1. The van der Waals surface area contributed by atoms with Crippen molar-refractivity contribution in [2.45, 2.75) is 95.9 Å². The number of aromatic nitrogens is 1. The largest absolute Gasteiger partial charge is 0.471 e. The number of benzene rings is 1. The van der Waals surface area contributed by atoms with Gasteiger partial charge in [-0.25, -0.2) is 13.8 Å². The fraction of sp³-hybridized carbons (Fsp3) is 0.586. The van der Waals surface area contributed by atoms with E-state index in [2.05, 4.69) is 35.5 Å². The molecule has 0 saturated heterocycles. The SMILES string of the molecule is CCC(CC)Cc1cnc2c(c1)[C@@H](NC[C@@H](O)[C@H](Cc1cc(F)cc(F)c1)NC(C)=O)CC1(CCC1)O2. The normalized spacial score (nSPS) is 19.6. The number of hydrogen-bond acceptors (Lipinski definition) is 5. The second-order valence-electron chi connectivity index (χ2n) is 10.8. The van der Waals surface area contributed by atoms with Gasteiger partial charge in [0.05, 0.1) is 12.1 Å². The van der Waals surface area contributed by atoms with Crippen molar-refractivity contribution in [1.82, 2.24) is 15.6 Å². The highest BCUT2D eigenvalue weighted by Gasteiger charge is 2.46. The van der Waals surface area contributed by atoms with Crippen molar-refractivity contribution in [1.29, 1.82) is 0 Å². The molecule has 1 fully saturated rings. The van der Waals surface area contributed by atoms with Crippen LogP contribution in [-0.2, 0) is 17.6 Å². The first kappa shape index (κ1) is 27.5. The maximum atomic E-state index is 13.7. The molecule has 0 radical (unpaired) electrons. The van der Waals surface area contributed by atoms with Crippen LogP contribution in [-0.4, -0.2) is 40.3 Å². The first-order valence-corrected chi connectivity index (χ1v) is 13.5. The molecule has 2 heterocycles. The van der Waals surface area contributed by atoms with E-state index in [1.807, 2.05) is 6.20 Å². The maximum Gasteiger partial charge on any atom is 0.218 e. The summed E-state index contributed by atoms with van der Waals surface area (Å²) in [6, 6.07) is 4.66. The Morgan fingerprint density at radius 2 is 1.84 bits per heavy atom. The summed E-state index contributed by atoms with van der Waals surface area (Å²) < 4.78 is 33.8. The van der Waals surface area contributed by atoms with E-state index in [4.69, 9.17) is 4.74 Å². The van der Waals surface area contributed by atoms with Crippen LogP contribution in [0.15, 0.2) is 30.5 Å². The van der Waals surface area contributed by atoms with Crippen LogP contribution in [0.2, 0.25) is 0 Å². The average molecular weight is 516 g/mol. The topological polar surface area (TPSA) is 83.5 Å². The van der Waals surface area contributed by atoms with E-state index in [1.54, 1.807) is 0 Å². The van der Waals surface area contributed by atoms with Crippen LogP contribution in [0.3, 0.4) is 0 Å². The van der Waals surface area contributed by atoms with E-state index in [-0.39, 0.29) is 30.5 Å². The minimum atomic E-state index is -0.973. The number of amides is 1. The van der Waals surface area contributed by atoms with Gasteiger partial charge in [-0.2, -0.15) is 0 Å². The van der Waals surface area contributed by atoms with E-state index < -0.39 is 23.8 Å². The summed E-state index contributed by atoms with van der Waals surface area (Å²) in [5.74, 6) is -0.446. The molecule has 0 unspecified atom stereocenters. The molecule has 2 aliphatic rings. The molecule has 1 aromatic carbocycles. The summed E-state index contributed by atoms with van der Waals surface area (Å²) >= 11 is 0. The van der Waals surface area contributed by atoms with E-state index >= 15 is 0 Å². The number of nitrogens with one attached hydrogen (secondary N) is 2. The molecule has 2 aromatic rings. The quantitative estimate of drug-likeness (QED) is 0.401. The number of hydrogen-bond donors (Lipinski definition) is 3. The van der Waals surface area contributed by atoms with Crippen LogP contribution in [0, 0.1) is 17.6 Å². The molecule has 1 aliphatic carbocycles. The molecule has 6 nitrogen and oxygen atoms in total. The van der Waals surface area contributed by atoms with Gasteiger partial charge in [-0.3, -0.25) is 4.79 Å². The molecule has 1 aliphatic heterocycles. The fourth-order valence-corrected chi connectivity index (χ4v) is 5.59. The molecule has 8 heteroatoms. The molecule has 3 N–H and O–H groups in total. The molecule has 0 bridgehead atoms. The van der Waals surface area contributed by atoms with Crippen LogP contribution in [0.1, 0.15) is 82.0 Å². The lowest BCUT2D eigenvalue weighted by atomic mass is 9.73. The Kier molecular flexibility index (Phi) is 8.80. The highest BCUT2D eigenvalue weighted by molar-refractivity contribution is 5.73. The number of fused-ring (bicyclic) bond motifs is 1. The smallest absolute Gasteiger partial charge is 0.218 e. The van der Waals surface area contributed by atoms with Crippen molar-refractivity contribution < 1.29 is 23.4 Å². The lowest BCUT2D eigenvalue weighted by Gasteiger charge is -2.47.